The lowest BCUT2D eigenvalue weighted by molar-refractivity contribution is 0.401. The minimum Gasteiger partial charge on any atom is -0.504 e. The van der Waals surface area contributed by atoms with Crippen molar-refractivity contribution in [3.63, 3.8) is 0 Å². The van der Waals surface area contributed by atoms with E-state index in [1.807, 2.05) is 0 Å². The number of hydrogen-bond acceptors (Lipinski definition) is 3. The van der Waals surface area contributed by atoms with Crippen molar-refractivity contribution in [1.82, 2.24) is 0 Å². The van der Waals surface area contributed by atoms with Crippen LogP contribution in [0.4, 0.5) is 17.6 Å². The predicted molar refractivity (Wildman–Crippen MR) is 82.1 cm³/mol. The van der Waals surface area contributed by atoms with Crippen molar-refractivity contribution in [3.8, 4) is 28.2 Å². The van der Waals surface area contributed by atoms with E-state index in [1.54, 1.807) is 0 Å². The van der Waals surface area contributed by atoms with E-state index in [0.717, 1.165) is 24.3 Å². The van der Waals surface area contributed by atoms with E-state index < -0.39 is 51.5 Å². The summed E-state index contributed by atoms with van der Waals surface area (Å²) >= 11 is 0. The molecule has 0 fully saturated rings. The van der Waals surface area contributed by atoms with Crippen molar-refractivity contribution < 1.29 is 27.1 Å². The monoisotopic (exact) mass is 350 g/mol. The van der Waals surface area contributed by atoms with Crippen molar-refractivity contribution in [3.05, 3.63) is 75.7 Å². The van der Waals surface area contributed by atoms with Gasteiger partial charge in [-0.15, -0.1) is 0 Å². The summed E-state index contributed by atoms with van der Waals surface area (Å²) in [6.07, 6.45) is 0. The van der Waals surface area contributed by atoms with Crippen LogP contribution < -0.4 is 5.63 Å². The molecule has 1 N–H and O–H groups in total. The lowest BCUT2D eigenvalue weighted by Crippen LogP contribution is -2.08. The highest BCUT2D eigenvalue weighted by Gasteiger charge is 2.24. The van der Waals surface area contributed by atoms with Crippen LogP contribution in [0.15, 0.2) is 45.6 Å². The largest absolute Gasteiger partial charge is 0.504 e. The number of aryl methyl sites for hydroxylation is 1. The molecule has 3 nitrogen and oxygen atoms in total. The molecular formula is C18H10F4O3. The Labute approximate surface area is 138 Å². The Bertz CT molecular complexity index is 1040. The van der Waals surface area contributed by atoms with Gasteiger partial charge in [-0.3, -0.25) is 0 Å². The van der Waals surface area contributed by atoms with Gasteiger partial charge in [-0.25, -0.2) is 18.0 Å². The lowest BCUT2D eigenvalue weighted by Gasteiger charge is -2.10. The van der Waals surface area contributed by atoms with Gasteiger partial charge in [-0.2, -0.15) is 4.39 Å². The molecular weight excluding hydrogens is 340 g/mol. The Balaban J connectivity index is 2.26. The number of halogens is 4. The lowest BCUT2D eigenvalue weighted by atomic mass is 10.00. The van der Waals surface area contributed by atoms with Crippen molar-refractivity contribution >= 4 is 0 Å². The quantitative estimate of drug-likeness (QED) is 0.690. The maximum Gasteiger partial charge on any atom is 0.348 e. The van der Waals surface area contributed by atoms with Gasteiger partial charge in [0.05, 0.1) is 5.56 Å². The molecule has 0 radical (unpaired) electrons. The number of rotatable bonds is 2. The molecule has 0 spiro atoms. The van der Waals surface area contributed by atoms with E-state index in [2.05, 4.69) is 0 Å². The molecule has 7 heteroatoms. The standard InChI is InChI=1S/C18H10F4O3/c1-8-6-9(19)2-4-11(8)14-16(23)15(22)17(25-18(14)24)12-5-3-10(20)7-13(12)21/h2-7,23H,1H3. The molecule has 0 aliphatic rings. The fourth-order valence-corrected chi connectivity index (χ4v) is 2.49. The van der Waals surface area contributed by atoms with Crippen LogP contribution >= 0.6 is 0 Å². The second-order valence-corrected chi connectivity index (χ2v) is 5.34. The zero-order chi connectivity index (χ0) is 18.3. The summed E-state index contributed by atoms with van der Waals surface area (Å²) in [5.74, 6) is -5.94. The summed E-state index contributed by atoms with van der Waals surface area (Å²) in [4.78, 5) is 12.2. The van der Waals surface area contributed by atoms with Gasteiger partial charge in [0.2, 0.25) is 5.82 Å². The summed E-state index contributed by atoms with van der Waals surface area (Å²) in [6.45, 7) is 1.46. The van der Waals surface area contributed by atoms with E-state index >= 15 is 0 Å². The minimum atomic E-state index is -1.39. The maximum atomic E-state index is 14.5. The Morgan fingerprint density at radius 3 is 2.12 bits per heavy atom. The number of hydrogen-bond donors (Lipinski definition) is 1. The van der Waals surface area contributed by atoms with Crippen LogP contribution in [0.2, 0.25) is 0 Å². The zero-order valence-electron chi connectivity index (χ0n) is 12.7. The van der Waals surface area contributed by atoms with Gasteiger partial charge in [0.1, 0.15) is 23.0 Å². The average molecular weight is 350 g/mol. The fraction of sp³-hybridized carbons (Fsp3) is 0.0556. The van der Waals surface area contributed by atoms with Crippen LogP contribution in [-0.4, -0.2) is 5.11 Å². The molecule has 25 heavy (non-hydrogen) atoms. The second kappa shape index (κ2) is 6.08. The summed E-state index contributed by atoms with van der Waals surface area (Å²) in [5.41, 5.74) is -1.84. The highest BCUT2D eigenvalue weighted by atomic mass is 19.1. The van der Waals surface area contributed by atoms with Crippen LogP contribution in [0, 0.1) is 30.2 Å². The first-order valence-electron chi connectivity index (χ1n) is 7.07. The molecule has 0 bridgehead atoms. The Hall–Kier alpha value is -3.09. The van der Waals surface area contributed by atoms with Gasteiger partial charge in [0, 0.05) is 6.07 Å². The van der Waals surface area contributed by atoms with Gasteiger partial charge < -0.3 is 9.52 Å². The number of benzene rings is 2. The highest BCUT2D eigenvalue weighted by Crippen LogP contribution is 2.36. The van der Waals surface area contributed by atoms with Crippen molar-refractivity contribution in [1.29, 1.82) is 0 Å². The Morgan fingerprint density at radius 2 is 1.52 bits per heavy atom. The second-order valence-electron chi connectivity index (χ2n) is 5.34. The molecule has 0 aliphatic heterocycles. The highest BCUT2D eigenvalue weighted by molar-refractivity contribution is 5.74. The molecule has 1 heterocycles. The summed E-state index contributed by atoms with van der Waals surface area (Å²) in [6, 6.07) is 5.55. The van der Waals surface area contributed by atoms with Crippen molar-refractivity contribution in [2.45, 2.75) is 6.92 Å². The average Bonchev–Trinajstić information content (AvgIpc) is 2.53. The van der Waals surface area contributed by atoms with Crippen molar-refractivity contribution in [2.75, 3.05) is 0 Å². The van der Waals surface area contributed by atoms with Crippen LogP contribution in [-0.2, 0) is 0 Å². The van der Waals surface area contributed by atoms with E-state index in [4.69, 9.17) is 4.42 Å². The van der Waals surface area contributed by atoms with Gasteiger partial charge in [0.25, 0.3) is 0 Å². The molecule has 3 aromatic rings. The third-order valence-corrected chi connectivity index (χ3v) is 3.68. The van der Waals surface area contributed by atoms with E-state index in [9.17, 15) is 27.5 Å². The summed E-state index contributed by atoms with van der Waals surface area (Å²) in [7, 11) is 0. The molecule has 0 atom stereocenters. The van der Waals surface area contributed by atoms with Crippen LogP contribution in [0.3, 0.4) is 0 Å². The third kappa shape index (κ3) is 2.88. The van der Waals surface area contributed by atoms with E-state index in [-0.39, 0.29) is 11.1 Å². The predicted octanol–water partition coefficient (Wildman–Crippen LogP) is 4.54. The Kier molecular flexibility index (Phi) is 4.08. The minimum absolute atomic E-state index is 0.0673. The zero-order valence-corrected chi connectivity index (χ0v) is 12.7. The van der Waals surface area contributed by atoms with E-state index in [1.165, 1.54) is 13.0 Å². The van der Waals surface area contributed by atoms with Crippen LogP contribution in [0.25, 0.3) is 22.5 Å². The molecule has 0 saturated carbocycles. The number of aromatic hydroxyl groups is 1. The SMILES string of the molecule is Cc1cc(F)ccc1-c1c(O)c(F)c(-c2ccc(F)cc2F)oc1=O. The van der Waals surface area contributed by atoms with Gasteiger partial charge in [-0.05, 0) is 42.3 Å². The first kappa shape index (κ1) is 16.8. The topological polar surface area (TPSA) is 50.4 Å². The van der Waals surface area contributed by atoms with Gasteiger partial charge in [0.15, 0.2) is 11.5 Å². The van der Waals surface area contributed by atoms with Gasteiger partial charge in [-0.1, -0.05) is 6.07 Å². The summed E-state index contributed by atoms with van der Waals surface area (Å²) < 4.78 is 59.3. The first-order chi connectivity index (χ1) is 11.8. The third-order valence-electron chi connectivity index (χ3n) is 3.68. The summed E-state index contributed by atoms with van der Waals surface area (Å²) in [5, 5.41) is 10.1. The molecule has 1 aromatic heterocycles. The molecule has 3 rings (SSSR count). The molecule has 0 saturated heterocycles. The first-order valence-corrected chi connectivity index (χ1v) is 7.07. The Morgan fingerprint density at radius 1 is 0.920 bits per heavy atom. The van der Waals surface area contributed by atoms with Crippen LogP contribution in [0.5, 0.6) is 5.75 Å². The van der Waals surface area contributed by atoms with Crippen molar-refractivity contribution in [2.24, 2.45) is 0 Å². The van der Waals surface area contributed by atoms with Gasteiger partial charge >= 0.3 is 5.63 Å². The molecule has 0 aliphatic carbocycles. The van der Waals surface area contributed by atoms with E-state index in [0.29, 0.717) is 6.07 Å². The molecule has 2 aromatic carbocycles. The molecule has 128 valence electrons. The molecule has 0 unspecified atom stereocenters. The fourth-order valence-electron chi connectivity index (χ4n) is 2.49. The normalized spacial score (nSPS) is 10.9. The smallest absolute Gasteiger partial charge is 0.348 e. The maximum absolute atomic E-state index is 14.5. The van der Waals surface area contributed by atoms with Crippen LogP contribution in [0.1, 0.15) is 5.56 Å². The molecule has 0 amide bonds.